The monoisotopic (exact) mass is 368 g/mol. The van der Waals surface area contributed by atoms with Gasteiger partial charge in [0.15, 0.2) is 0 Å². The van der Waals surface area contributed by atoms with E-state index in [4.69, 9.17) is 4.74 Å². The van der Waals surface area contributed by atoms with Crippen molar-refractivity contribution in [1.82, 2.24) is 4.90 Å². The zero-order valence-corrected chi connectivity index (χ0v) is 16.5. The minimum absolute atomic E-state index is 0.0330. The molecule has 144 valence electrons. The summed E-state index contributed by atoms with van der Waals surface area (Å²) in [6, 6.07) is 13.7. The van der Waals surface area contributed by atoms with Gasteiger partial charge in [-0.05, 0) is 49.9 Å². The van der Waals surface area contributed by atoms with Crippen molar-refractivity contribution in [2.75, 3.05) is 25.5 Å². The maximum absolute atomic E-state index is 12.3. The van der Waals surface area contributed by atoms with Gasteiger partial charge in [0.1, 0.15) is 5.75 Å². The molecule has 0 fully saturated rings. The van der Waals surface area contributed by atoms with Crippen LogP contribution in [0.4, 0.5) is 5.69 Å². The highest BCUT2D eigenvalue weighted by molar-refractivity contribution is 5.95. The molecule has 0 aliphatic carbocycles. The number of rotatable bonds is 8. The first-order chi connectivity index (χ1) is 12.9. The lowest BCUT2D eigenvalue weighted by Gasteiger charge is -2.18. The van der Waals surface area contributed by atoms with Crippen LogP contribution in [0.15, 0.2) is 42.5 Å². The Bertz CT molecular complexity index is 782. The summed E-state index contributed by atoms with van der Waals surface area (Å²) in [6.07, 6.45) is 0.953. The van der Waals surface area contributed by atoms with Crippen LogP contribution in [0.5, 0.6) is 5.75 Å². The molecule has 0 spiro atoms. The molecule has 27 heavy (non-hydrogen) atoms. The zero-order chi connectivity index (χ0) is 19.8. The molecule has 0 atom stereocenters. The lowest BCUT2D eigenvalue weighted by molar-refractivity contribution is -0.133. The Morgan fingerprint density at radius 2 is 1.59 bits per heavy atom. The second-order valence-corrected chi connectivity index (χ2v) is 6.78. The van der Waals surface area contributed by atoms with E-state index in [0.717, 1.165) is 28.1 Å². The quantitative estimate of drug-likeness (QED) is 0.720. The van der Waals surface area contributed by atoms with Crippen LogP contribution in [-0.2, 0) is 9.59 Å². The van der Waals surface area contributed by atoms with Crippen molar-refractivity contribution in [3.05, 3.63) is 59.2 Å². The molecule has 1 N–H and O–H groups in total. The average molecular weight is 368 g/mol. The van der Waals surface area contributed by atoms with Gasteiger partial charge in [-0.25, -0.2) is 0 Å². The van der Waals surface area contributed by atoms with Crippen molar-refractivity contribution < 1.29 is 14.3 Å². The van der Waals surface area contributed by atoms with Crippen LogP contribution in [0.2, 0.25) is 0 Å². The molecule has 0 aromatic heterocycles. The van der Waals surface area contributed by atoms with Crippen LogP contribution in [0, 0.1) is 20.8 Å². The number of nitrogens with one attached hydrogen (secondary N) is 1. The number of likely N-dealkylation sites (N-methyl/N-ethyl adjacent to an activating group) is 1. The Morgan fingerprint density at radius 1 is 0.963 bits per heavy atom. The Morgan fingerprint density at radius 3 is 2.26 bits per heavy atom. The van der Waals surface area contributed by atoms with Gasteiger partial charge in [-0.15, -0.1) is 0 Å². The molecule has 5 nitrogen and oxygen atoms in total. The summed E-state index contributed by atoms with van der Waals surface area (Å²) in [7, 11) is 1.65. The van der Waals surface area contributed by atoms with Crippen LogP contribution >= 0.6 is 0 Å². The number of hydrogen-bond donors (Lipinski definition) is 1. The molecule has 2 aromatic carbocycles. The first-order valence-corrected chi connectivity index (χ1v) is 9.17. The fourth-order valence-electron chi connectivity index (χ4n) is 2.81. The third-order valence-electron chi connectivity index (χ3n) is 4.44. The number of anilines is 1. The first kappa shape index (κ1) is 20.5. The van der Waals surface area contributed by atoms with Gasteiger partial charge in [-0.2, -0.15) is 0 Å². The largest absolute Gasteiger partial charge is 0.493 e. The number of benzene rings is 2. The van der Waals surface area contributed by atoms with Crippen LogP contribution in [0.25, 0.3) is 0 Å². The summed E-state index contributed by atoms with van der Waals surface area (Å²) in [5.74, 6) is 0.575. The molecular formula is C22H28N2O3. The lowest BCUT2D eigenvalue weighted by atomic mass is 10.1. The summed E-state index contributed by atoms with van der Waals surface area (Å²) >= 11 is 0. The molecule has 0 heterocycles. The molecule has 2 aromatic rings. The normalized spacial score (nSPS) is 10.4. The van der Waals surface area contributed by atoms with E-state index in [9.17, 15) is 9.59 Å². The van der Waals surface area contributed by atoms with E-state index >= 15 is 0 Å². The summed E-state index contributed by atoms with van der Waals surface area (Å²) in [5.41, 5.74) is 3.90. The van der Waals surface area contributed by atoms with E-state index in [-0.39, 0.29) is 18.4 Å². The molecular weight excluding hydrogens is 340 g/mol. The highest BCUT2D eigenvalue weighted by Crippen LogP contribution is 2.19. The fourth-order valence-corrected chi connectivity index (χ4v) is 2.81. The van der Waals surface area contributed by atoms with Crippen molar-refractivity contribution in [2.45, 2.75) is 33.6 Å². The summed E-state index contributed by atoms with van der Waals surface area (Å²) in [6.45, 7) is 6.39. The highest BCUT2D eigenvalue weighted by Gasteiger charge is 2.14. The Hall–Kier alpha value is -2.82. The molecule has 0 aliphatic rings. The van der Waals surface area contributed by atoms with E-state index in [0.29, 0.717) is 19.4 Å². The van der Waals surface area contributed by atoms with Gasteiger partial charge in [-0.3, -0.25) is 9.59 Å². The standard InChI is InChI=1S/C22H28N2O3/c1-16-9-5-6-12-19(16)27-14-8-13-21(26)24(4)15-20(25)23-22-17(2)10-7-11-18(22)3/h5-7,9-12H,8,13-15H2,1-4H3,(H,23,25). The van der Waals surface area contributed by atoms with Crippen molar-refractivity contribution in [3.8, 4) is 5.75 Å². The van der Waals surface area contributed by atoms with E-state index < -0.39 is 0 Å². The van der Waals surface area contributed by atoms with E-state index in [1.54, 1.807) is 7.05 Å². The Labute approximate surface area is 161 Å². The number of hydrogen-bond acceptors (Lipinski definition) is 3. The van der Waals surface area contributed by atoms with Crippen molar-refractivity contribution in [2.24, 2.45) is 0 Å². The first-order valence-electron chi connectivity index (χ1n) is 9.17. The maximum atomic E-state index is 12.3. The summed E-state index contributed by atoms with van der Waals surface area (Å²) in [4.78, 5) is 25.9. The second kappa shape index (κ2) is 9.76. The highest BCUT2D eigenvalue weighted by atomic mass is 16.5. The number of amides is 2. The fraction of sp³-hybridized carbons (Fsp3) is 0.364. The zero-order valence-electron chi connectivity index (χ0n) is 16.5. The molecule has 0 unspecified atom stereocenters. The molecule has 5 heteroatoms. The van der Waals surface area contributed by atoms with Crippen LogP contribution < -0.4 is 10.1 Å². The third kappa shape index (κ3) is 6.13. The Kier molecular flexibility index (Phi) is 7.41. The van der Waals surface area contributed by atoms with Crippen LogP contribution in [-0.4, -0.2) is 36.9 Å². The third-order valence-corrected chi connectivity index (χ3v) is 4.44. The SMILES string of the molecule is Cc1ccccc1OCCCC(=O)N(C)CC(=O)Nc1c(C)cccc1C. The Balaban J connectivity index is 1.75. The number of ether oxygens (including phenoxy) is 1. The van der Waals surface area contributed by atoms with Gasteiger partial charge >= 0.3 is 0 Å². The van der Waals surface area contributed by atoms with E-state index in [1.807, 2.05) is 63.2 Å². The second-order valence-electron chi connectivity index (χ2n) is 6.78. The summed E-state index contributed by atoms with van der Waals surface area (Å²) in [5, 5.41) is 2.90. The van der Waals surface area contributed by atoms with Crippen molar-refractivity contribution in [1.29, 1.82) is 0 Å². The summed E-state index contributed by atoms with van der Waals surface area (Å²) < 4.78 is 5.70. The number of nitrogens with zero attached hydrogens (tertiary/aromatic N) is 1. The molecule has 0 saturated heterocycles. The topological polar surface area (TPSA) is 58.6 Å². The lowest BCUT2D eigenvalue weighted by Crippen LogP contribution is -2.35. The van der Waals surface area contributed by atoms with Gasteiger partial charge < -0.3 is 15.0 Å². The minimum atomic E-state index is -0.195. The minimum Gasteiger partial charge on any atom is -0.493 e. The van der Waals surface area contributed by atoms with Gasteiger partial charge in [-0.1, -0.05) is 36.4 Å². The van der Waals surface area contributed by atoms with Gasteiger partial charge in [0.05, 0.1) is 13.2 Å². The van der Waals surface area contributed by atoms with Gasteiger partial charge in [0.25, 0.3) is 0 Å². The van der Waals surface area contributed by atoms with Gasteiger partial charge in [0.2, 0.25) is 11.8 Å². The number of carbonyl (C=O) groups is 2. The number of para-hydroxylation sites is 2. The molecule has 2 amide bonds. The molecule has 0 aliphatic heterocycles. The van der Waals surface area contributed by atoms with Crippen molar-refractivity contribution in [3.63, 3.8) is 0 Å². The average Bonchev–Trinajstić information content (AvgIpc) is 2.63. The number of aryl methyl sites for hydroxylation is 3. The van der Waals surface area contributed by atoms with E-state index in [1.165, 1.54) is 4.90 Å². The molecule has 0 radical (unpaired) electrons. The molecule has 0 saturated carbocycles. The predicted octanol–water partition coefficient (Wildman–Crippen LogP) is 3.87. The van der Waals surface area contributed by atoms with Crippen LogP contribution in [0.3, 0.4) is 0 Å². The van der Waals surface area contributed by atoms with Crippen molar-refractivity contribution >= 4 is 17.5 Å². The maximum Gasteiger partial charge on any atom is 0.243 e. The van der Waals surface area contributed by atoms with Crippen LogP contribution in [0.1, 0.15) is 29.5 Å². The molecule has 2 rings (SSSR count). The number of carbonyl (C=O) groups excluding carboxylic acids is 2. The van der Waals surface area contributed by atoms with E-state index in [2.05, 4.69) is 5.32 Å². The smallest absolute Gasteiger partial charge is 0.243 e. The van der Waals surface area contributed by atoms with Gasteiger partial charge in [0, 0.05) is 19.2 Å². The predicted molar refractivity (Wildman–Crippen MR) is 108 cm³/mol. The molecule has 0 bridgehead atoms.